The summed E-state index contributed by atoms with van der Waals surface area (Å²) in [5.41, 5.74) is 5.67. The third-order valence-electron chi connectivity index (χ3n) is 1.90. The molecule has 17 heavy (non-hydrogen) atoms. The molecule has 2 N–H and O–H groups in total. The number of nitrogens with two attached hydrogens (primary N) is 1. The summed E-state index contributed by atoms with van der Waals surface area (Å²) in [6.45, 7) is 0. The monoisotopic (exact) mass is 359 g/mol. The normalized spacial score (nSPS) is 10.2. The Morgan fingerprint density at radius 1 is 1.29 bits per heavy atom. The summed E-state index contributed by atoms with van der Waals surface area (Å²) in [5, 5.41) is 0.602. The number of aromatic nitrogens is 2. The molecule has 0 spiro atoms. The van der Waals surface area contributed by atoms with Crippen molar-refractivity contribution in [3.63, 3.8) is 0 Å². The molecular formula is C11H10IN3OS. The molecule has 2 aromatic rings. The number of nitrogen functional groups attached to an aromatic ring is 1. The topological polar surface area (TPSA) is 61.0 Å². The van der Waals surface area contributed by atoms with Crippen molar-refractivity contribution in [1.29, 1.82) is 0 Å². The van der Waals surface area contributed by atoms with Crippen LogP contribution < -0.4 is 10.5 Å². The number of nitrogens with zero attached hydrogens (tertiary/aromatic N) is 2. The zero-order valence-corrected chi connectivity index (χ0v) is 12.0. The Morgan fingerprint density at radius 2 is 2.12 bits per heavy atom. The molecule has 2 rings (SSSR count). The van der Waals surface area contributed by atoms with Gasteiger partial charge in [-0.3, -0.25) is 0 Å². The van der Waals surface area contributed by atoms with E-state index < -0.39 is 0 Å². The fraction of sp³-hybridized carbons (Fsp3) is 0.0909. The second-order valence-electron chi connectivity index (χ2n) is 3.18. The smallest absolute Gasteiger partial charge is 0.225 e. The summed E-state index contributed by atoms with van der Waals surface area (Å²) in [6, 6.07) is 9.34. The van der Waals surface area contributed by atoms with Crippen LogP contribution in [0.5, 0.6) is 11.6 Å². The van der Waals surface area contributed by atoms with E-state index >= 15 is 0 Å². The lowest BCUT2D eigenvalue weighted by Gasteiger charge is -2.06. The summed E-state index contributed by atoms with van der Waals surface area (Å²) in [5.74, 6) is 1.61. The molecule has 0 aliphatic carbocycles. The van der Waals surface area contributed by atoms with Crippen LogP contribution in [0.1, 0.15) is 0 Å². The van der Waals surface area contributed by atoms with Crippen molar-refractivity contribution in [2.75, 3.05) is 12.0 Å². The van der Waals surface area contributed by atoms with Gasteiger partial charge in [0.2, 0.25) is 5.88 Å². The van der Waals surface area contributed by atoms with E-state index in [1.807, 2.05) is 30.5 Å². The van der Waals surface area contributed by atoms with Gasteiger partial charge < -0.3 is 10.5 Å². The van der Waals surface area contributed by atoms with E-state index in [-0.39, 0.29) is 0 Å². The molecule has 1 aromatic carbocycles. The molecule has 1 heterocycles. The standard InChI is InChI=1S/C11H10IN3OS/c1-17-11-14-9(13)6-10(15-11)16-8-4-2-3-7(12)5-8/h2-6H,1H3,(H2,13,14,15). The Balaban J connectivity index is 2.26. The van der Waals surface area contributed by atoms with Crippen LogP contribution in [0.15, 0.2) is 35.5 Å². The molecular weight excluding hydrogens is 349 g/mol. The lowest BCUT2D eigenvalue weighted by atomic mass is 10.3. The number of thioether (sulfide) groups is 1. The summed E-state index contributed by atoms with van der Waals surface area (Å²) in [4.78, 5) is 8.28. The molecule has 1 aromatic heterocycles. The predicted molar refractivity (Wildman–Crippen MR) is 77.5 cm³/mol. The molecule has 4 nitrogen and oxygen atoms in total. The number of rotatable bonds is 3. The first-order valence-electron chi connectivity index (χ1n) is 4.79. The average molecular weight is 359 g/mol. The zero-order valence-electron chi connectivity index (χ0n) is 9.05. The van der Waals surface area contributed by atoms with Crippen LogP contribution in [-0.4, -0.2) is 16.2 Å². The highest BCUT2D eigenvalue weighted by molar-refractivity contribution is 14.1. The summed E-state index contributed by atoms with van der Waals surface area (Å²) >= 11 is 3.65. The molecule has 0 aliphatic rings. The number of halogens is 1. The molecule has 0 aliphatic heterocycles. The van der Waals surface area contributed by atoms with Gasteiger partial charge in [0.15, 0.2) is 5.16 Å². The third kappa shape index (κ3) is 3.47. The van der Waals surface area contributed by atoms with Crippen LogP contribution in [0, 0.1) is 3.57 Å². The second-order valence-corrected chi connectivity index (χ2v) is 5.20. The minimum Gasteiger partial charge on any atom is -0.439 e. The van der Waals surface area contributed by atoms with Gasteiger partial charge in [0.25, 0.3) is 0 Å². The van der Waals surface area contributed by atoms with E-state index in [1.54, 1.807) is 6.07 Å². The van der Waals surface area contributed by atoms with E-state index in [2.05, 4.69) is 32.6 Å². The molecule has 0 saturated heterocycles. The highest BCUT2D eigenvalue weighted by Crippen LogP contribution is 2.24. The van der Waals surface area contributed by atoms with Gasteiger partial charge in [-0.1, -0.05) is 17.8 Å². The molecule has 88 valence electrons. The van der Waals surface area contributed by atoms with E-state index in [0.717, 1.165) is 9.32 Å². The first-order valence-corrected chi connectivity index (χ1v) is 7.09. The van der Waals surface area contributed by atoms with E-state index in [1.165, 1.54) is 11.8 Å². The maximum Gasteiger partial charge on any atom is 0.225 e. The van der Waals surface area contributed by atoms with Crippen LogP contribution in [0.3, 0.4) is 0 Å². The van der Waals surface area contributed by atoms with Crippen LogP contribution >= 0.6 is 34.4 Å². The summed E-state index contributed by atoms with van der Waals surface area (Å²) < 4.78 is 6.74. The van der Waals surface area contributed by atoms with Crippen LogP contribution in [0.2, 0.25) is 0 Å². The quantitative estimate of drug-likeness (QED) is 0.518. The Morgan fingerprint density at radius 3 is 2.82 bits per heavy atom. The van der Waals surface area contributed by atoms with Gasteiger partial charge >= 0.3 is 0 Å². The minimum atomic E-state index is 0.407. The summed E-state index contributed by atoms with van der Waals surface area (Å²) in [7, 11) is 0. The lowest BCUT2D eigenvalue weighted by molar-refractivity contribution is 0.456. The van der Waals surface area contributed by atoms with Crippen LogP contribution in [-0.2, 0) is 0 Å². The average Bonchev–Trinajstić information content (AvgIpc) is 2.28. The van der Waals surface area contributed by atoms with Crippen molar-refractivity contribution in [1.82, 2.24) is 9.97 Å². The largest absolute Gasteiger partial charge is 0.439 e. The lowest BCUT2D eigenvalue weighted by Crippen LogP contribution is -1.97. The summed E-state index contributed by atoms with van der Waals surface area (Å²) in [6.07, 6.45) is 1.89. The van der Waals surface area contributed by atoms with Gasteiger partial charge in [-0.05, 0) is 47.0 Å². The Labute approximate surface area is 117 Å². The third-order valence-corrected chi connectivity index (χ3v) is 3.12. The van der Waals surface area contributed by atoms with Crippen molar-refractivity contribution in [3.05, 3.63) is 33.9 Å². The van der Waals surface area contributed by atoms with Gasteiger partial charge in [0, 0.05) is 9.64 Å². The van der Waals surface area contributed by atoms with Gasteiger partial charge in [-0.2, -0.15) is 4.98 Å². The number of anilines is 1. The maximum absolute atomic E-state index is 5.67. The zero-order chi connectivity index (χ0) is 12.3. The van der Waals surface area contributed by atoms with Crippen LogP contribution in [0.4, 0.5) is 5.82 Å². The van der Waals surface area contributed by atoms with Crippen LogP contribution in [0.25, 0.3) is 0 Å². The van der Waals surface area contributed by atoms with Crippen molar-refractivity contribution in [2.24, 2.45) is 0 Å². The molecule has 0 radical (unpaired) electrons. The highest BCUT2D eigenvalue weighted by Gasteiger charge is 2.04. The van der Waals surface area contributed by atoms with Gasteiger partial charge in [-0.25, -0.2) is 4.98 Å². The highest BCUT2D eigenvalue weighted by atomic mass is 127. The van der Waals surface area contributed by atoms with Gasteiger partial charge in [-0.15, -0.1) is 0 Å². The predicted octanol–water partition coefficient (Wildman–Crippen LogP) is 3.18. The van der Waals surface area contributed by atoms with Gasteiger partial charge in [0.1, 0.15) is 11.6 Å². The Hall–Kier alpha value is -1.02. The Bertz CT molecular complexity index is 536. The number of ether oxygens (including phenoxy) is 1. The Kier molecular flexibility index (Phi) is 4.06. The fourth-order valence-corrected chi connectivity index (χ4v) is 2.11. The second kappa shape index (κ2) is 5.54. The first kappa shape index (κ1) is 12.4. The maximum atomic E-state index is 5.67. The van der Waals surface area contributed by atoms with E-state index in [4.69, 9.17) is 10.5 Å². The van der Waals surface area contributed by atoms with E-state index in [9.17, 15) is 0 Å². The molecule has 0 bridgehead atoms. The molecule has 0 saturated carbocycles. The molecule has 0 atom stereocenters. The van der Waals surface area contributed by atoms with E-state index in [0.29, 0.717) is 16.9 Å². The first-order chi connectivity index (χ1) is 8.17. The SMILES string of the molecule is CSc1nc(N)cc(Oc2cccc(I)c2)n1. The molecule has 6 heteroatoms. The molecule has 0 unspecified atom stereocenters. The van der Waals surface area contributed by atoms with Crippen molar-refractivity contribution < 1.29 is 4.74 Å². The fourth-order valence-electron chi connectivity index (χ4n) is 1.22. The number of hydrogen-bond acceptors (Lipinski definition) is 5. The van der Waals surface area contributed by atoms with Crippen molar-refractivity contribution >= 4 is 40.2 Å². The molecule has 0 fully saturated rings. The number of hydrogen-bond donors (Lipinski definition) is 1. The number of benzene rings is 1. The van der Waals surface area contributed by atoms with Crippen molar-refractivity contribution in [3.8, 4) is 11.6 Å². The van der Waals surface area contributed by atoms with Crippen molar-refractivity contribution in [2.45, 2.75) is 5.16 Å². The van der Waals surface area contributed by atoms with Gasteiger partial charge in [0.05, 0.1) is 0 Å². The molecule has 0 amide bonds. The minimum absolute atomic E-state index is 0.407.